The number of aromatic amines is 1. The summed E-state index contributed by atoms with van der Waals surface area (Å²) in [7, 11) is 1.83. The maximum absolute atomic E-state index is 12.8. The molecule has 1 aliphatic carbocycles. The third-order valence-electron chi connectivity index (χ3n) is 4.65. The van der Waals surface area contributed by atoms with Crippen molar-refractivity contribution >= 4 is 5.91 Å². The molecule has 2 aromatic heterocycles. The first kappa shape index (κ1) is 16.4. The van der Waals surface area contributed by atoms with E-state index in [1.165, 1.54) is 6.07 Å². The molecule has 1 atom stereocenters. The van der Waals surface area contributed by atoms with Crippen LogP contribution in [0.1, 0.15) is 46.1 Å². The van der Waals surface area contributed by atoms with Crippen molar-refractivity contribution in [3.8, 4) is 0 Å². The highest BCUT2D eigenvalue weighted by molar-refractivity contribution is 5.96. The largest absolute Gasteiger partial charge is 0.393 e. The van der Waals surface area contributed by atoms with Gasteiger partial charge in [-0.3, -0.25) is 14.3 Å². The lowest BCUT2D eigenvalue weighted by Crippen LogP contribution is -2.41. The highest BCUT2D eigenvalue weighted by Crippen LogP contribution is 2.38. The first-order valence-electron chi connectivity index (χ1n) is 8.03. The molecule has 24 heavy (non-hydrogen) atoms. The molecule has 128 valence electrons. The third-order valence-corrected chi connectivity index (χ3v) is 4.65. The predicted molar refractivity (Wildman–Crippen MR) is 88.7 cm³/mol. The summed E-state index contributed by atoms with van der Waals surface area (Å²) in [6.45, 7) is 3.47. The summed E-state index contributed by atoms with van der Waals surface area (Å²) in [5, 5.41) is 16.9. The van der Waals surface area contributed by atoms with Crippen molar-refractivity contribution in [1.82, 2.24) is 20.1 Å². The lowest BCUT2D eigenvalue weighted by Gasteiger charge is -2.37. The molecular weight excluding hydrogens is 308 g/mol. The Morgan fingerprint density at radius 2 is 2.17 bits per heavy atom. The number of rotatable bonds is 4. The Morgan fingerprint density at radius 3 is 2.71 bits per heavy atom. The van der Waals surface area contributed by atoms with Gasteiger partial charge in [0.15, 0.2) is 0 Å². The molecular formula is C17H22N4O3. The van der Waals surface area contributed by atoms with Crippen molar-refractivity contribution in [2.24, 2.45) is 13.0 Å². The summed E-state index contributed by atoms with van der Waals surface area (Å²) in [4.78, 5) is 27.0. The van der Waals surface area contributed by atoms with Crippen molar-refractivity contribution in [3.63, 3.8) is 0 Å². The SMILES string of the molecule is Cc1cc(=O)[nH]c(C)c1C(=O)NC(c1cnn(C)c1)C1CC(O)C1. The molecule has 3 N–H and O–H groups in total. The van der Waals surface area contributed by atoms with Crippen molar-refractivity contribution in [2.45, 2.75) is 38.8 Å². The number of aryl methyl sites for hydroxylation is 3. The van der Waals surface area contributed by atoms with Crippen LogP contribution >= 0.6 is 0 Å². The molecule has 1 unspecified atom stereocenters. The first-order valence-corrected chi connectivity index (χ1v) is 8.03. The van der Waals surface area contributed by atoms with E-state index in [-0.39, 0.29) is 29.5 Å². The minimum absolute atomic E-state index is 0.177. The zero-order chi connectivity index (χ0) is 17.4. The molecule has 0 aromatic carbocycles. The number of carbonyl (C=O) groups excluding carboxylic acids is 1. The summed E-state index contributed by atoms with van der Waals surface area (Å²) >= 11 is 0. The Hall–Kier alpha value is -2.41. The van der Waals surface area contributed by atoms with Crippen LogP contribution in [0.25, 0.3) is 0 Å². The normalized spacial score (nSPS) is 21.2. The third kappa shape index (κ3) is 3.12. The highest BCUT2D eigenvalue weighted by atomic mass is 16.3. The van der Waals surface area contributed by atoms with Gasteiger partial charge >= 0.3 is 0 Å². The monoisotopic (exact) mass is 330 g/mol. The van der Waals surface area contributed by atoms with E-state index >= 15 is 0 Å². The highest BCUT2D eigenvalue weighted by Gasteiger charge is 2.36. The zero-order valence-electron chi connectivity index (χ0n) is 14.0. The van der Waals surface area contributed by atoms with E-state index < -0.39 is 0 Å². The Labute approximate surface area is 139 Å². The van der Waals surface area contributed by atoms with Gasteiger partial charge in [-0.05, 0) is 38.2 Å². The molecule has 1 amide bonds. The van der Waals surface area contributed by atoms with Gasteiger partial charge in [-0.25, -0.2) is 0 Å². The number of aromatic nitrogens is 3. The van der Waals surface area contributed by atoms with Gasteiger partial charge in [0.25, 0.3) is 5.91 Å². The van der Waals surface area contributed by atoms with Gasteiger partial charge in [-0.2, -0.15) is 5.10 Å². The lowest BCUT2D eigenvalue weighted by molar-refractivity contribution is 0.0235. The van der Waals surface area contributed by atoms with Gasteiger partial charge in [0.1, 0.15) is 0 Å². The van der Waals surface area contributed by atoms with Crippen molar-refractivity contribution in [1.29, 1.82) is 0 Å². The molecule has 7 heteroatoms. The van der Waals surface area contributed by atoms with E-state index in [2.05, 4.69) is 15.4 Å². The second kappa shape index (κ2) is 6.24. The fourth-order valence-corrected chi connectivity index (χ4v) is 3.39. The van der Waals surface area contributed by atoms with E-state index in [9.17, 15) is 14.7 Å². The molecule has 0 aliphatic heterocycles. The van der Waals surface area contributed by atoms with Crippen molar-refractivity contribution < 1.29 is 9.90 Å². The second-order valence-electron chi connectivity index (χ2n) is 6.60. The minimum Gasteiger partial charge on any atom is -0.393 e. The molecule has 2 heterocycles. The number of nitrogens with zero attached hydrogens (tertiary/aromatic N) is 2. The van der Waals surface area contributed by atoms with Crippen LogP contribution in [0.5, 0.6) is 0 Å². The predicted octanol–water partition coefficient (Wildman–Crippen LogP) is 0.967. The molecule has 1 fully saturated rings. The van der Waals surface area contributed by atoms with E-state index in [0.29, 0.717) is 29.7 Å². The number of carbonyl (C=O) groups is 1. The average Bonchev–Trinajstić information content (AvgIpc) is 2.87. The number of aliphatic hydroxyl groups excluding tert-OH is 1. The van der Waals surface area contributed by atoms with E-state index in [0.717, 1.165) is 5.56 Å². The molecule has 0 bridgehead atoms. The number of aliphatic hydroxyl groups is 1. The fourth-order valence-electron chi connectivity index (χ4n) is 3.39. The van der Waals surface area contributed by atoms with Gasteiger partial charge in [0, 0.05) is 30.6 Å². The van der Waals surface area contributed by atoms with Crippen LogP contribution in [0.4, 0.5) is 0 Å². The molecule has 0 spiro atoms. The molecule has 0 saturated heterocycles. The van der Waals surface area contributed by atoms with E-state index in [1.54, 1.807) is 24.7 Å². The Bertz CT molecular complexity index is 791. The average molecular weight is 330 g/mol. The summed E-state index contributed by atoms with van der Waals surface area (Å²) in [6, 6.07) is 1.22. The van der Waals surface area contributed by atoms with Crippen molar-refractivity contribution in [2.75, 3.05) is 0 Å². The standard InChI is InChI=1S/C17H22N4O3/c1-9-4-14(23)19-10(2)15(9)17(24)20-16(11-5-13(22)6-11)12-7-18-21(3)8-12/h4,7-8,11,13,16,22H,5-6H2,1-3H3,(H,19,23)(H,20,24). The smallest absolute Gasteiger partial charge is 0.253 e. The molecule has 0 radical (unpaired) electrons. The maximum Gasteiger partial charge on any atom is 0.253 e. The van der Waals surface area contributed by atoms with Gasteiger partial charge in [-0.15, -0.1) is 0 Å². The van der Waals surface area contributed by atoms with E-state index in [1.807, 2.05) is 13.2 Å². The topological polar surface area (TPSA) is 100 Å². The summed E-state index contributed by atoms with van der Waals surface area (Å²) in [6.07, 6.45) is 4.62. The summed E-state index contributed by atoms with van der Waals surface area (Å²) in [5.74, 6) is -0.0481. The number of hydrogen-bond donors (Lipinski definition) is 3. The second-order valence-corrected chi connectivity index (χ2v) is 6.60. The number of amides is 1. The van der Waals surface area contributed by atoms with Crippen LogP contribution in [-0.4, -0.2) is 31.9 Å². The quantitative estimate of drug-likeness (QED) is 0.777. The van der Waals surface area contributed by atoms with Crippen LogP contribution < -0.4 is 10.9 Å². The van der Waals surface area contributed by atoms with Crippen molar-refractivity contribution in [3.05, 3.63) is 51.2 Å². The van der Waals surface area contributed by atoms with Crippen LogP contribution in [-0.2, 0) is 7.05 Å². The number of hydrogen-bond acceptors (Lipinski definition) is 4. The van der Waals surface area contributed by atoms with Crippen LogP contribution in [0.15, 0.2) is 23.3 Å². The van der Waals surface area contributed by atoms with Crippen LogP contribution in [0, 0.1) is 19.8 Å². The Kier molecular flexibility index (Phi) is 4.28. The molecule has 1 saturated carbocycles. The minimum atomic E-state index is -0.303. The number of nitrogens with one attached hydrogen (secondary N) is 2. The molecule has 7 nitrogen and oxygen atoms in total. The van der Waals surface area contributed by atoms with Crippen LogP contribution in [0.3, 0.4) is 0 Å². The van der Waals surface area contributed by atoms with E-state index in [4.69, 9.17) is 0 Å². The van der Waals surface area contributed by atoms with Crippen LogP contribution in [0.2, 0.25) is 0 Å². The molecule has 2 aromatic rings. The fraction of sp³-hybridized carbons (Fsp3) is 0.471. The molecule has 1 aliphatic rings. The lowest BCUT2D eigenvalue weighted by atomic mass is 9.75. The zero-order valence-corrected chi connectivity index (χ0v) is 14.0. The first-order chi connectivity index (χ1) is 11.3. The number of H-pyrrole nitrogens is 1. The van der Waals surface area contributed by atoms with Gasteiger partial charge in [0.05, 0.1) is 23.9 Å². The Morgan fingerprint density at radius 1 is 1.46 bits per heavy atom. The van der Waals surface area contributed by atoms with Gasteiger partial charge < -0.3 is 15.4 Å². The number of pyridine rings is 1. The van der Waals surface area contributed by atoms with Gasteiger partial charge in [0.2, 0.25) is 5.56 Å². The Balaban J connectivity index is 1.87. The maximum atomic E-state index is 12.8. The molecule has 3 rings (SSSR count). The van der Waals surface area contributed by atoms with Gasteiger partial charge in [-0.1, -0.05) is 0 Å². The summed E-state index contributed by atoms with van der Waals surface area (Å²) in [5.41, 5.74) is 2.39. The summed E-state index contributed by atoms with van der Waals surface area (Å²) < 4.78 is 1.69.